The van der Waals surface area contributed by atoms with Crippen LogP contribution in [0.25, 0.3) is 11.0 Å². The number of carbonyl (C=O) groups excluding carboxylic acids is 2. The number of thiocarbonyl (C=S) groups is 1. The van der Waals surface area contributed by atoms with Crippen molar-refractivity contribution < 1.29 is 18.7 Å². The highest BCUT2D eigenvalue weighted by Crippen LogP contribution is 2.18. The predicted molar refractivity (Wildman–Crippen MR) is 121 cm³/mol. The van der Waals surface area contributed by atoms with E-state index in [1.54, 1.807) is 6.07 Å². The molecule has 1 aromatic heterocycles. The molecule has 30 heavy (non-hydrogen) atoms. The highest BCUT2D eigenvalue weighted by Gasteiger charge is 2.27. The maximum atomic E-state index is 12.9. The number of para-hydroxylation sites is 1. The molecule has 7 nitrogen and oxygen atoms in total. The summed E-state index contributed by atoms with van der Waals surface area (Å²) in [5.74, 6) is -0.155. The number of fused-ring (bicyclic) bond motifs is 1. The topological polar surface area (TPSA) is 92.6 Å². The molecule has 0 aliphatic rings. The average molecular weight is 434 g/mol. The van der Waals surface area contributed by atoms with Gasteiger partial charge in [0.2, 0.25) is 5.91 Å². The summed E-state index contributed by atoms with van der Waals surface area (Å²) in [4.78, 5) is 25.4. The molecular weight excluding hydrogens is 402 g/mol. The first-order valence-corrected chi connectivity index (χ1v) is 10.6. The zero-order valence-corrected chi connectivity index (χ0v) is 19.0. The van der Waals surface area contributed by atoms with Gasteiger partial charge in [-0.2, -0.15) is 0 Å². The van der Waals surface area contributed by atoms with Crippen LogP contribution in [0.5, 0.6) is 0 Å². The van der Waals surface area contributed by atoms with E-state index < -0.39 is 6.04 Å². The molecule has 0 aliphatic heterocycles. The Kier molecular flexibility index (Phi) is 8.65. The first kappa shape index (κ1) is 23.7. The van der Waals surface area contributed by atoms with Gasteiger partial charge in [0.25, 0.3) is 11.1 Å². The quantitative estimate of drug-likeness (QED) is 0.526. The molecule has 2 aromatic rings. The molecule has 2 amide bonds. The summed E-state index contributed by atoms with van der Waals surface area (Å²) >= 11 is 5.12. The van der Waals surface area contributed by atoms with Crippen LogP contribution in [-0.2, 0) is 9.53 Å². The second-order valence-corrected chi connectivity index (χ2v) is 8.17. The van der Waals surface area contributed by atoms with Crippen LogP contribution < -0.4 is 16.0 Å². The zero-order valence-electron chi connectivity index (χ0n) is 18.2. The van der Waals surface area contributed by atoms with E-state index in [0.717, 1.165) is 5.39 Å². The first-order chi connectivity index (χ1) is 14.2. The van der Waals surface area contributed by atoms with Gasteiger partial charge in [0.05, 0.1) is 6.61 Å². The van der Waals surface area contributed by atoms with Crippen LogP contribution in [0.15, 0.2) is 34.7 Å². The average Bonchev–Trinajstić information content (AvgIpc) is 3.13. The normalized spacial score (nSPS) is 13.2. The fourth-order valence-electron chi connectivity index (χ4n) is 2.94. The molecule has 0 radical (unpaired) electrons. The van der Waals surface area contributed by atoms with Gasteiger partial charge in [0.1, 0.15) is 11.6 Å². The third kappa shape index (κ3) is 6.45. The summed E-state index contributed by atoms with van der Waals surface area (Å²) in [7, 11) is 0. The molecule has 2 rings (SSSR count). The molecule has 0 saturated carbocycles. The lowest BCUT2D eigenvalue weighted by molar-refractivity contribution is -0.124. The molecule has 8 heteroatoms. The van der Waals surface area contributed by atoms with Crippen LogP contribution >= 0.6 is 12.2 Å². The lowest BCUT2D eigenvalue weighted by atomic mass is 10.0. The fourth-order valence-corrected chi connectivity index (χ4v) is 3.19. The predicted octanol–water partition coefficient (Wildman–Crippen LogP) is 3.24. The van der Waals surface area contributed by atoms with Crippen molar-refractivity contribution in [2.75, 3.05) is 13.2 Å². The number of hydrogen-bond donors (Lipinski definition) is 3. The Morgan fingerprint density at radius 1 is 1.10 bits per heavy atom. The van der Waals surface area contributed by atoms with E-state index >= 15 is 0 Å². The molecule has 2 atom stereocenters. The third-order valence-corrected chi connectivity index (χ3v) is 5.00. The van der Waals surface area contributed by atoms with Gasteiger partial charge >= 0.3 is 0 Å². The summed E-state index contributed by atoms with van der Waals surface area (Å²) in [5, 5.41) is 9.90. The van der Waals surface area contributed by atoms with Gasteiger partial charge in [0.15, 0.2) is 5.76 Å². The largest absolute Gasteiger partial charge is 0.471 e. The lowest BCUT2D eigenvalue weighted by Gasteiger charge is -2.28. The summed E-state index contributed by atoms with van der Waals surface area (Å²) in [5.41, 5.74) is 0.660. The number of carbonyl (C=O) groups is 2. The summed E-state index contributed by atoms with van der Waals surface area (Å²) in [6.45, 7) is 10.4. The van der Waals surface area contributed by atoms with Gasteiger partial charge in [-0.1, -0.05) is 45.9 Å². The Labute approximate surface area is 182 Å². The van der Waals surface area contributed by atoms with Gasteiger partial charge in [-0.15, -0.1) is 0 Å². The van der Waals surface area contributed by atoms with Crippen LogP contribution in [-0.4, -0.2) is 42.2 Å². The third-order valence-electron chi connectivity index (χ3n) is 4.76. The van der Waals surface area contributed by atoms with Crippen molar-refractivity contribution in [3.63, 3.8) is 0 Å². The van der Waals surface area contributed by atoms with Gasteiger partial charge in [-0.25, -0.2) is 0 Å². The van der Waals surface area contributed by atoms with Crippen LogP contribution in [0, 0.1) is 11.8 Å². The number of benzene rings is 1. The molecule has 0 bridgehead atoms. The Morgan fingerprint density at radius 2 is 1.80 bits per heavy atom. The van der Waals surface area contributed by atoms with Crippen molar-refractivity contribution in [1.82, 2.24) is 16.0 Å². The van der Waals surface area contributed by atoms with Crippen LogP contribution in [0.1, 0.15) is 45.2 Å². The minimum Gasteiger partial charge on any atom is -0.471 e. The molecule has 0 fully saturated rings. The monoisotopic (exact) mass is 433 g/mol. The van der Waals surface area contributed by atoms with Crippen molar-refractivity contribution in [3.05, 3.63) is 36.1 Å². The van der Waals surface area contributed by atoms with Crippen molar-refractivity contribution in [2.45, 2.75) is 46.7 Å². The number of rotatable bonds is 9. The molecule has 164 valence electrons. The van der Waals surface area contributed by atoms with Gasteiger partial charge in [0, 0.05) is 18.0 Å². The van der Waals surface area contributed by atoms with E-state index in [1.165, 1.54) is 0 Å². The van der Waals surface area contributed by atoms with Crippen LogP contribution in [0.2, 0.25) is 0 Å². The van der Waals surface area contributed by atoms with E-state index in [9.17, 15) is 9.59 Å². The number of amides is 2. The molecule has 0 saturated heterocycles. The molecular formula is C22H31N3O4S. The maximum absolute atomic E-state index is 12.9. The highest BCUT2D eigenvalue weighted by atomic mass is 32.1. The SMILES string of the molecule is CCOC(=S)N[C@H](C(=O)N[C@H](CNC(=O)c1cc2ccccc2o1)C(C)C)C(C)C. The Morgan fingerprint density at radius 3 is 2.40 bits per heavy atom. The van der Waals surface area contributed by atoms with Gasteiger partial charge in [-0.3, -0.25) is 9.59 Å². The minimum absolute atomic E-state index is 0.00126. The molecule has 1 aromatic carbocycles. The molecule has 3 N–H and O–H groups in total. The van der Waals surface area contributed by atoms with Gasteiger partial charge in [-0.05, 0) is 43.1 Å². The van der Waals surface area contributed by atoms with E-state index in [-0.39, 0.29) is 47.2 Å². The lowest BCUT2D eigenvalue weighted by Crippen LogP contribution is -2.55. The van der Waals surface area contributed by atoms with E-state index in [2.05, 4.69) is 16.0 Å². The fraction of sp³-hybridized carbons (Fsp3) is 0.500. The second kappa shape index (κ2) is 11.0. The van der Waals surface area contributed by atoms with Crippen LogP contribution in [0.3, 0.4) is 0 Å². The summed E-state index contributed by atoms with van der Waals surface area (Å²) < 4.78 is 10.9. The highest BCUT2D eigenvalue weighted by molar-refractivity contribution is 7.80. The Hall–Kier alpha value is -2.61. The maximum Gasteiger partial charge on any atom is 0.287 e. The smallest absolute Gasteiger partial charge is 0.287 e. The number of ether oxygens (including phenoxy) is 1. The second-order valence-electron chi connectivity index (χ2n) is 7.80. The van der Waals surface area contributed by atoms with E-state index in [0.29, 0.717) is 12.2 Å². The molecule has 0 unspecified atom stereocenters. The number of nitrogens with one attached hydrogen (secondary N) is 3. The standard InChI is InChI=1S/C22H31N3O4S/c1-6-28-22(30)25-19(14(4)5)21(27)24-16(13(2)3)12-23-20(26)18-11-15-9-7-8-10-17(15)29-18/h7-11,13-14,16,19H,6,12H2,1-5H3,(H,23,26)(H,24,27)(H,25,30)/t16-,19+/m1/s1. The number of hydrogen-bond acceptors (Lipinski definition) is 5. The number of furan rings is 1. The van der Waals surface area contributed by atoms with E-state index in [1.807, 2.05) is 58.9 Å². The zero-order chi connectivity index (χ0) is 22.3. The first-order valence-electron chi connectivity index (χ1n) is 10.2. The minimum atomic E-state index is -0.531. The van der Waals surface area contributed by atoms with Crippen LogP contribution in [0.4, 0.5) is 0 Å². The van der Waals surface area contributed by atoms with Crippen molar-refractivity contribution in [2.24, 2.45) is 11.8 Å². The van der Waals surface area contributed by atoms with Gasteiger partial charge < -0.3 is 25.1 Å². The van der Waals surface area contributed by atoms with Crippen molar-refractivity contribution in [3.8, 4) is 0 Å². The Bertz CT molecular complexity index is 845. The van der Waals surface area contributed by atoms with E-state index in [4.69, 9.17) is 21.4 Å². The summed E-state index contributed by atoms with van der Waals surface area (Å²) in [6, 6.07) is 8.37. The van der Waals surface area contributed by atoms with Crippen molar-refractivity contribution in [1.29, 1.82) is 0 Å². The summed E-state index contributed by atoms with van der Waals surface area (Å²) in [6.07, 6.45) is 0. The van der Waals surface area contributed by atoms with Crippen molar-refractivity contribution >= 4 is 40.2 Å². The molecule has 0 spiro atoms. The molecule has 0 aliphatic carbocycles. The Balaban J connectivity index is 1.99. The molecule has 1 heterocycles.